The molecule has 0 fully saturated rings. The standard InChI is InChI=1S/C23H18BrClN4O2/c1-2-31-20-12-10-19(11-13-20)29-22(15-6-8-17(25)9-7-15)27-21(28-29)23(30)26-18-5-3-4-16(24)14-18/h3-14H,2H2,1H3,(H,26,30). The van der Waals surface area contributed by atoms with E-state index in [9.17, 15) is 4.79 Å². The molecule has 0 spiro atoms. The summed E-state index contributed by atoms with van der Waals surface area (Å²) in [6.45, 7) is 2.51. The number of nitrogens with one attached hydrogen (secondary N) is 1. The number of anilines is 1. The van der Waals surface area contributed by atoms with Gasteiger partial charge in [0.25, 0.3) is 5.91 Å². The van der Waals surface area contributed by atoms with Crippen molar-refractivity contribution in [3.63, 3.8) is 0 Å². The average Bonchev–Trinajstić information content (AvgIpc) is 3.21. The second-order valence-corrected chi connectivity index (χ2v) is 7.92. The summed E-state index contributed by atoms with van der Waals surface area (Å²) in [5.74, 6) is 0.934. The fraction of sp³-hybridized carbons (Fsp3) is 0.0870. The Morgan fingerprint density at radius 2 is 1.84 bits per heavy atom. The van der Waals surface area contributed by atoms with E-state index in [-0.39, 0.29) is 5.82 Å². The molecule has 0 aliphatic rings. The first-order chi connectivity index (χ1) is 15.0. The first-order valence-electron chi connectivity index (χ1n) is 9.56. The first-order valence-corrected chi connectivity index (χ1v) is 10.7. The van der Waals surface area contributed by atoms with Gasteiger partial charge >= 0.3 is 0 Å². The van der Waals surface area contributed by atoms with Crippen LogP contribution in [0, 0.1) is 0 Å². The zero-order valence-electron chi connectivity index (χ0n) is 16.5. The minimum Gasteiger partial charge on any atom is -0.494 e. The Morgan fingerprint density at radius 3 is 2.52 bits per heavy atom. The lowest BCUT2D eigenvalue weighted by Crippen LogP contribution is -2.14. The molecule has 0 unspecified atom stereocenters. The number of carbonyl (C=O) groups excluding carboxylic acids is 1. The highest BCUT2D eigenvalue weighted by molar-refractivity contribution is 9.10. The van der Waals surface area contributed by atoms with Crippen LogP contribution in [-0.4, -0.2) is 27.3 Å². The fourth-order valence-electron chi connectivity index (χ4n) is 2.98. The number of aromatic nitrogens is 3. The van der Waals surface area contributed by atoms with Crippen LogP contribution in [0.3, 0.4) is 0 Å². The van der Waals surface area contributed by atoms with E-state index in [4.69, 9.17) is 16.3 Å². The highest BCUT2D eigenvalue weighted by atomic mass is 79.9. The lowest BCUT2D eigenvalue weighted by molar-refractivity contribution is 0.101. The van der Waals surface area contributed by atoms with Gasteiger partial charge in [0.15, 0.2) is 5.82 Å². The Hall–Kier alpha value is -3.16. The topological polar surface area (TPSA) is 69.0 Å². The highest BCUT2D eigenvalue weighted by Gasteiger charge is 2.19. The van der Waals surface area contributed by atoms with Crippen molar-refractivity contribution in [2.75, 3.05) is 11.9 Å². The van der Waals surface area contributed by atoms with Crippen LogP contribution in [0.4, 0.5) is 5.69 Å². The number of ether oxygens (including phenoxy) is 1. The van der Waals surface area contributed by atoms with E-state index in [1.807, 2.05) is 55.5 Å². The van der Waals surface area contributed by atoms with E-state index in [2.05, 4.69) is 31.3 Å². The van der Waals surface area contributed by atoms with Crippen molar-refractivity contribution in [3.05, 3.63) is 88.1 Å². The second-order valence-electron chi connectivity index (χ2n) is 6.57. The van der Waals surface area contributed by atoms with E-state index < -0.39 is 5.91 Å². The third kappa shape index (κ3) is 4.95. The molecule has 4 aromatic rings. The third-order valence-corrected chi connectivity index (χ3v) is 5.13. The molecule has 0 aliphatic heterocycles. The number of rotatable bonds is 6. The number of halogens is 2. The van der Waals surface area contributed by atoms with Crippen LogP contribution < -0.4 is 10.1 Å². The molecule has 1 N–H and O–H groups in total. The second kappa shape index (κ2) is 9.32. The summed E-state index contributed by atoms with van der Waals surface area (Å²) in [7, 11) is 0. The van der Waals surface area contributed by atoms with Crippen molar-refractivity contribution in [1.29, 1.82) is 0 Å². The third-order valence-electron chi connectivity index (χ3n) is 4.39. The largest absolute Gasteiger partial charge is 0.494 e. The Balaban J connectivity index is 1.72. The van der Waals surface area contributed by atoms with Crippen molar-refractivity contribution in [1.82, 2.24) is 14.8 Å². The maximum absolute atomic E-state index is 12.8. The van der Waals surface area contributed by atoms with Gasteiger partial charge < -0.3 is 10.1 Å². The minimum atomic E-state index is -0.405. The van der Waals surface area contributed by atoms with E-state index in [0.717, 1.165) is 21.5 Å². The van der Waals surface area contributed by atoms with Gasteiger partial charge in [-0.25, -0.2) is 9.67 Å². The highest BCUT2D eigenvalue weighted by Crippen LogP contribution is 2.25. The van der Waals surface area contributed by atoms with Crippen LogP contribution in [0.1, 0.15) is 17.5 Å². The summed E-state index contributed by atoms with van der Waals surface area (Å²) in [6.07, 6.45) is 0. The molecule has 3 aromatic carbocycles. The van der Waals surface area contributed by atoms with Gasteiger partial charge in [0.2, 0.25) is 5.82 Å². The number of hydrogen-bond donors (Lipinski definition) is 1. The quantitative estimate of drug-likeness (QED) is 0.355. The number of nitrogens with zero attached hydrogens (tertiary/aromatic N) is 3. The SMILES string of the molecule is CCOc1ccc(-n2nc(C(=O)Nc3cccc(Br)c3)nc2-c2ccc(Cl)cc2)cc1. The summed E-state index contributed by atoms with van der Waals surface area (Å²) in [4.78, 5) is 17.4. The average molecular weight is 498 g/mol. The van der Waals surface area contributed by atoms with E-state index in [1.165, 1.54) is 0 Å². The van der Waals surface area contributed by atoms with Crippen molar-refractivity contribution < 1.29 is 9.53 Å². The molecule has 6 nitrogen and oxygen atoms in total. The van der Waals surface area contributed by atoms with Gasteiger partial charge in [-0.2, -0.15) is 0 Å². The van der Waals surface area contributed by atoms with Crippen molar-refractivity contribution in [2.24, 2.45) is 0 Å². The Bertz CT molecular complexity index is 1210. The number of carbonyl (C=O) groups is 1. The number of benzene rings is 3. The molecule has 1 aromatic heterocycles. The summed E-state index contributed by atoms with van der Waals surface area (Å²) >= 11 is 9.44. The van der Waals surface area contributed by atoms with E-state index in [1.54, 1.807) is 28.9 Å². The maximum Gasteiger partial charge on any atom is 0.295 e. The van der Waals surface area contributed by atoms with Crippen LogP contribution in [0.15, 0.2) is 77.3 Å². The van der Waals surface area contributed by atoms with Crippen LogP contribution in [0.2, 0.25) is 5.02 Å². The lowest BCUT2D eigenvalue weighted by Gasteiger charge is -2.08. The van der Waals surface area contributed by atoms with Crippen LogP contribution in [0.25, 0.3) is 17.1 Å². The van der Waals surface area contributed by atoms with Gasteiger partial charge in [-0.3, -0.25) is 4.79 Å². The van der Waals surface area contributed by atoms with Crippen molar-refractivity contribution >= 4 is 39.1 Å². The summed E-state index contributed by atoms with van der Waals surface area (Å²) in [6, 6.07) is 22.0. The summed E-state index contributed by atoms with van der Waals surface area (Å²) in [5.41, 5.74) is 2.18. The van der Waals surface area contributed by atoms with Crippen molar-refractivity contribution in [2.45, 2.75) is 6.92 Å². The molecule has 0 bridgehead atoms. The fourth-order valence-corrected chi connectivity index (χ4v) is 3.50. The zero-order chi connectivity index (χ0) is 21.8. The smallest absolute Gasteiger partial charge is 0.295 e. The molecule has 0 radical (unpaired) electrons. The van der Waals surface area contributed by atoms with Crippen LogP contribution in [-0.2, 0) is 0 Å². The molecule has 0 saturated heterocycles. The monoisotopic (exact) mass is 496 g/mol. The Kier molecular flexibility index (Phi) is 6.34. The lowest BCUT2D eigenvalue weighted by atomic mass is 10.2. The normalized spacial score (nSPS) is 10.7. The summed E-state index contributed by atoms with van der Waals surface area (Å²) < 4.78 is 8.01. The van der Waals surface area contributed by atoms with Gasteiger partial charge in [-0.1, -0.05) is 33.6 Å². The molecule has 8 heteroatoms. The molecule has 31 heavy (non-hydrogen) atoms. The van der Waals surface area contributed by atoms with Gasteiger partial charge in [0, 0.05) is 20.7 Å². The van der Waals surface area contributed by atoms with Gasteiger partial charge in [-0.15, -0.1) is 5.10 Å². The van der Waals surface area contributed by atoms with Gasteiger partial charge in [-0.05, 0) is 73.7 Å². The molecule has 0 aliphatic carbocycles. The molecule has 4 rings (SSSR count). The Morgan fingerprint density at radius 1 is 1.10 bits per heavy atom. The van der Waals surface area contributed by atoms with Gasteiger partial charge in [0.1, 0.15) is 5.75 Å². The molecule has 1 amide bonds. The molecule has 1 heterocycles. The number of amides is 1. The van der Waals surface area contributed by atoms with Crippen LogP contribution >= 0.6 is 27.5 Å². The van der Waals surface area contributed by atoms with Gasteiger partial charge in [0.05, 0.1) is 12.3 Å². The predicted octanol–water partition coefficient (Wildman–Crippen LogP) is 6.00. The van der Waals surface area contributed by atoms with E-state index >= 15 is 0 Å². The zero-order valence-corrected chi connectivity index (χ0v) is 18.9. The Labute approximate surface area is 193 Å². The first kappa shape index (κ1) is 21.1. The van der Waals surface area contributed by atoms with Crippen LogP contribution in [0.5, 0.6) is 5.75 Å². The molecular formula is C23H18BrClN4O2. The maximum atomic E-state index is 12.8. The molecule has 0 saturated carbocycles. The van der Waals surface area contributed by atoms with E-state index in [0.29, 0.717) is 23.1 Å². The molecular weight excluding hydrogens is 480 g/mol. The minimum absolute atomic E-state index is 0.0545. The summed E-state index contributed by atoms with van der Waals surface area (Å²) in [5, 5.41) is 7.92. The predicted molar refractivity (Wildman–Crippen MR) is 125 cm³/mol. The molecule has 0 atom stereocenters. The van der Waals surface area contributed by atoms with Crippen molar-refractivity contribution in [3.8, 4) is 22.8 Å². The number of hydrogen-bond acceptors (Lipinski definition) is 4. The molecule has 156 valence electrons.